The molecule has 2 heterocycles. The first-order valence-corrected chi connectivity index (χ1v) is 11.2. The molecule has 28 heavy (non-hydrogen) atoms. The normalized spacial score (nSPS) is 15.2. The number of carbonyl (C=O) groups is 2. The number of carbonyl (C=O) groups excluding carboxylic acids is 2. The number of hydrogen-bond donors (Lipinski definition) is 1. The molecule has 1 saturated heterocycles. The zero-order valence-electron chi connectivity index (χ0n) is 15.7. The lowest BCUT2D eigenvalue weighted by Crippen LogP contribution is -2.35. The number of nitrogens with one attached hydrogen (secondary N) is 1. The van der Waals surface area contributed by atoms with E-state index in [9.17, 15) is 18.0 Å². The molecule has 2 aromatic rings. The summed E-state index contributed by atoms with van der Waals surface area (Å²) in [7, 11) is -2.26. The minimum absolute atomic E-state index is 0.174. The summed E-state index contributed by atoms with van der Waals surface area (Å²) in [6.45, 7) is 2.88. The zero-order chi connectivity index (χ0) is 20.3. The Morgan fingerprint density at radius 2 is 1.75 bits per heavy atom. The second kappa shape index (κ2) is 8.42. The molecule has 1 aliphatic heterocycles. The lowest BCUT2D eigenvalue weighted by atomic mass is 10.2. The van der Waals surface area contributed by atoms with Crippen molar-refractivity contribution in [3.05, 3.63) is 46.3 Å². The molecule has 1 fully saturated rings. The van der Waals surface area contributed by atoms with E-state index in [2.05, 4.69) is 5.32 Å². The van der Waals surface area contributed by atoms with Crippen LogP contribution in [0, 0.1) is 6.92 Å². The van der Waals surface area contributed by atoms with E-state index in [1.807, 2.05) is 6.92 Å². The Hall–Kier alpha value is -2.23. The first-order chi connectivity index (χ1) is 13.3. The summed E-state index contributed by atoms with van der Waals surface area (Å²) in [5.41, 5.74) is 0.599. The number of methoxy groups -OCH3 is 1. The first kappa shape index (κ1) is 20.5. The average molecular weight is 423 g/mol. The van der Waals surface area contributed by atoms with Gasteiger partial charge in [0.05, 0.1) is 17.6 Å². The molecule has 0 aliphatic carbocycles. The predicted molar refractivity (Wildman–Crippen MR) is 107 cm³/mol. The lowest BCUT2D eigenvalue weighted by Gasteiger charge is -2.25. The Morgan fingerprint density at radius 3 is 2.36 bits per heavy atom. The molecule has 7 nitrogen and oxygen atoms in total. The van der Waals surface area contributed by atoms with Crippen LogP contribution >= 0.6 is 11.3 Å². The number of anilines is 1. The maximum atomic E-state index is 12.7. The number of benzene rings is 1. The van der Waals surface area contributed by atoms with Gasteiger partial charge in [-0.3, -0.25) is 4.79 Å². The van der Waals surface area contributed by atoms with Crippen molar-refractivity contribution in [3.8, 4) is 0 Å². The van der Waals surface area contributed by atoms with Gasteiger partial charge in [0.1, 0.15) is 5.00 Å². The molecule has 0 atom stereocenters. The van der Waals surface area contributed by atoms with E-state index in [4.69, 9.17) is 4.74 Å². The summed E-state index contributed by atoms with van der Waals surface area (Å²) in [5, 5.41) is 3.11. The Bertz CT molecular complexity index is 974. The highest BCUT2D eigenvalue weighted by Crippen LogP contribution is 2.29. The maximum absolute atomic E-state index is 12.7. The van der Waals surface area contributed by atoms with Gasteiger partial charge in [-0.25, -0.2) is 13.2 Å². The number of nitrogens with zero attached hydrogens (tertiary/aromatic N) is 1. The van der Waals surface area contributed by atoms with Crippen molar-refractivity contribution in [2.24, 2.45) is 0 Å². The van der Waals surface area contributed by atoms with Crippen LogP contribution in [-0.2, 0) is 14.8 Å². The fraction of sp³-hybridized carbons (Fsp3) is 0.368. The van der Waals surface area contributed by atoms with Crippen LogP contribution in [0.1, 0.15) is 44.9 Å². The van der Waals surface area contributed by atoms with Crippen molar-refractivity contribution in [2.75, 3.05) is 25.5 Å². The molecule has 0 saturated carbocycles. The monoisotopic (exact) mass is 422 g/mol. The van der Waals surface area contributed by atoms with Gasteiger partial charge in [0.2, 0.25) is 10.0 Å². The van der Waals surface area contributed by atoms with E-state index < -0.39 is 21.9 Å². The molecule has 1 amide bonds. The minimum Gasteiger partial charge on any atom is -0.465 e. The Morgan fingerprint density at radius 1 is 1.11 bits per heavy atom. The third kappa shape index (κ3) is 4.26. The summed E-state index contributed by atoms with van der Waals surface area (Å²) in [6.07, 6.45) is 2.77. The van der Waals surface area contributed by atoms with E-state index in [0.29, 0.717) is 29.2 Å². The zero-order valence-corrected chi connectivity index (χ0v) is 17.4. The van der Waals surface area contributed by atoms with Crippen LogP contribution in [0.5, 0.6) is 0 Å². The minimum atomic E-state index is -3.54. The van der Waals surface area contributed by atoms with Gasteiger partial charge in [-0.05, 0) is 50.1 Å². The maximum Gasteiger partial charge on any atom is 0.340 e. The molecule has 1 aliphatic rings. The van der Waals surface area contributed by atoms with E-state index >= 15 is 0 Å². The van der Waals surface area contributed by atoms with Gasteiger partial charge in [0, 0.05) is 23.5 Å². The summed E-state index contributed by atoms with van der Waals surface area (Å²) < 4.78 is 31.6. The van der Waals surface area contributed by atoms with Crippen molar-refractivity contribution in [3.63, 3.8) is 0 Å². The lowest BCUT2D eigenvalue weighted by molar-refractivity contribution is 0.0602. The van der Waals surface area contributed by atoms with E-state index in [0.717, 1.165) is 24.1 Å². The van der Waals surface area contributed by atoms with Gasteiger partial charge in [-0.15, -0.1) is 11.3 Å². The van der Waals surface area contributed by atoms with Gasteiger partial charge < -0.3 is 10.1 Å². The number of piperidine rings is 1. The van der Waals surface area contributed by atoms with Gasteiger partial charge in [-0.1, -0.05) is 6.42 Å². The Balaban J connectivity index is 1.77. The van der Waals surface area contributed by atoms with Crippen molar-refractivity contribution in [1.82, 2.24) is 4.31 Å². The molecule has 0 radical (unpaired) electrons. The molecule has 0 unspecified atom stereocenters. The van der Waals surface area contributed by atoms with Gasteiger partial charge in [0.25, 0.3) is 5.91 Å². The van der Waals surface area contributed by atoms with Crippen LogP contribution in [0.4, 0.5) is 5.00 Å². The van der Waals surface area contributed by atoms with Crippen LogP contribution in [0.3, 0.4) is 0 Å². The van der Waals surface area contributed by atoms with Crippen LogP contribution in [0.25, 0.3) is 0 Å². The van der Waals surface area contributed by atoms with Crippen molar-refractivity contribution >= 4 is 38.2 Å². The van der Waals surface area contributed by atoms with Crippen molar-refractivity contribution in [2.45, 2.75) is 31.1 Å². The smallest absolute Gasteiger partial charge is 0.340 e. The van der Waals surface area contributed by atoms with Gasteiger partial charge in [0.15, 0.2) is 0 Å². The highest BCUT2D eigenvalue weighted by molar-refractivity contribution is 7.89. The van der Waals surface area contributed by atoms with E-state index in [1.165, 1.54) is 47.0 Å². The van der Waals surface area contributed by atoms with Crippen molar-refractivity contribution in [1.29, 1.82) is 0 Å². The molecule has 1 N–H and O–H groups in total. The third-order valence-electron chi connectivity index (χ3n) is 4.56. The summed E-state index contributed by atoms with van der Waals surface area (Å²) in [4.78, 5) is 25.4. The van der Waals surface area contributed by atoms with Crippen LogP contribution in [-0.4, -0.2) is 44.8 Å². The molecular formula is C19H22N2O5S2. The molecule has 9 heteroatoms. The third-order valence-corrected chi connectivity index (χ3v) is 7.44. The Kier molecular flexibility index (Phi) is 6.17. The van der Waals surface area contributed by atoms with Gasteiger partial charge >= 0.3 is 5.97 Å². The number of sulfonamides is 1. The number of aryl methyl sites for hydroxylation is 1. The van der Waals surface area contributed by atoms with E-state index in [1.54, 1.807) is 6.07 Å². The van der Waals surface area contributed by atoms with Crippen LogP contribution < -0.4 is 5.32 Å². The quantitative estimate of drug-likeness (QED) is 0.747. The summed E-state index contributed by atoms with van der Waals surface area (Å²) in [6, 6.07) is 7.49. The fourth-order valence-corrected chi connectivity index (χ4v) is 5.49. The molecule has 1 aromatic carbocycles. The summed E-state index contributed by atoms with van der Waals surface area (Å²) in [5.74, 6) is -0.948. The number of hydrogen-bond acceptors (Lipinski definition) is 6. The molecule has 0 bridgehead atoms. The number of amides is 1. The van der Waals surface area contributed by atoms with Crippen molar-refractivity contribution < 1.29 is 22.7 Å². The van der Waals surface area contributed by atoms with E-state index in [-0.39, 0.29) is 4.90 Å². The van der Waals surface area contributed by atoms with Crippen LogP contribution in [0.2, 0.25) is 0 Å². The SMILES string of the molecule is COC(=O)c1cc(C)sc1NC(=O)c1ccc(S(=O)(=O)N2CCCCC2)cc1. The summed E-state index contributed by atoms with van der Waals surface area (Å²) >= 11 is 1.27. The number of thiophene rings is 1. The molecule has 0 spiro atoms. The topological polar surface area (TPSA) is 92.8 Å². The number of ether oxygens (including phenoxy) is 1. The highest BCUT2D eigenvalue weighted by Gasteiger charge is 2.26. The van der Waals surface area contributed by atoms with Gasteiger partial charge in [-0.2, -0.15) is 4.31 Å². The second-order valence-corrected chi connectivity index (χ2v) is 9.73. The highest BCUT2D eigenvalue weighted by atomic mass is 32.2. The number of rotatable bonds is 5. The fourth-order valence-electron chi connectivity index (χ4n) is 3.08. The first-order valence-electron chi connectivity index (χ1n) is 8.93. The Labute approximate surface area is 168 Å². The molecular weight excluding hydrogens is 400 g/mol. The second-order valence-electron chi connectivity index (χ2n) is 6.53. The molecule has 1 aromatic heterocycles. The number of esters is 1. The largest absolute Gasteiger partial charge is 0.465 e. The van der Waals surface area contributed by atoms with Crippen LogP contribution in [0.15, 0.2) is 35.2 Å². The molecule has 3 rings (SSSR count). The predicted octanol–water partition coefficient (Wildman–Crippen LogP) is 3.27. The average Bonchev–Trinajstić information content (AvgIpc) is 3.08. The molecule has 150 valence electrons. The standard InChI is InChI=1S/C19H22N2O5S2/c1-13-12-16(19(23)26-2)18(27-13)20-17(22)14-6-8-15(9-7-14)28(24,25)21-10-4-3-5-11-21/h6-9,12H,3-5,10-11H2,1-2H3,(H,20,22).